The Bertz CT molecular complexity index is 446. The SMILES string of the molecule is CCOC(=O)C(C)(CCCCCC1=CCCC1=O)C(=O)OCC. The van der Waals surface area contributed by atoms with Crippen molar-refractivity contribution in [3.05, 3.63) is 11.6 Å². The molecule has 1 rings (SSSR count). The summed E-state index contributed by atoms with van der Waals surface area (Å²) < 4.78 is 10.1. The molecule has 0 aliphatic heterocycles. The van der Waals surface area contributed by atoms with Gasteiger partial charge in [-0.05, 0) is 52.0 Å². The third kappa shape index (κ3) is 5.48. The quantitative estimate of drug-likeness (QED) is 0.350. The van der Waals surface area contributed by atoms with E-state index in [1.807, 2.05) is 6.08 Å². The highest BCUT2D eigenvalue weighted by Gasteiger charge is 2.43. The first kappa shape index (κ1) is 19.4. The number of hydrogen-bond donors (Lipinski definition) is 0. The Balaban J connectivity index is 2.45. The van der Waals surface area contributed by atoms with Crippen LogP contribution >= 0.6 is 0 Å². The molecule has 0 aromatic rings. The van der Waals surface area contributed by atoms with Crippen molar-refractivity contribution < 1.29 is 23.9 Å². The Morgan fingerprint density at radius 3 is 2.17 bits per heavy atom. The summed E-state index contributed by atoms with van der Waals surface area (Å²) in [4.78, 5) is 35.8. The van der Waals surface area contributed by atoms with E-state index in [-0.39, 0.29) is 19.0 Å². The first-order chi connectivity index (χ1) is 11.0. The second-order valence-corrected chi connectivity index (χ2v) is 6.02. The summed E-state index contributed by atoms with van der Waals surface area (Å²) in [6.45, 7) is 5.51. The topological polar surface area (TPSA) is 69.7 Å². The van der Waals surface area contributed by atoms with E-state index in [0.29, 0.717) is 12.8 Å². The molecule has 5 heteroatoms. The lowest BCUT2D eigenvalue weighted by Gasteiger charge is -2.24. The molecule has 0 heterocycles. The van der Waals surface area contributed by atoms with E-state index in [2.05, 4.69) is 0 Å². The summed E-state index contributed by atoms with van der Waals surface area (Å²) in [5.41, 5.74) is -0.308. The number of carbonyl (C=O) groups excluding carboxylic acids is 3. The third-order valence-corrected chi connectivity index (χ3v) is 4.20. The van der Waals surface area contributed by atoms with Gasteiger partial charge < -0.3 is 9.47 Å². The molecule has 0 spiro atoms. The molecule has 0 unspecified atom stereocenters. The first-order valence-electron chi connectivity index (χ1n) is 8.52. The number of allylic oxidation sites excluding steroid dienone is 2. The smallest absolute Gasteiger partial charge is 0.323 e. The maximum absolute atomic E-state index is 12.1. The molecule has 0 bridgehead atoms. The van der Waals surface area contributed by atoms with Gasteiger partial charge in [-0.15, -0.1) is 0 Å². The van der Waals surface area contributed by atoms with Crippen LogP contribution in [0.1, 0.15) is 65.7 Å². The van der Waals surface area contributed by atoms with Gasteiger partial charge >= 0.3 is 11.9 Å². The van der Waals surface area contributed by atoms with Gasteiger partial charge in [-0.3, -0.25) is 14.4 Å². The molecule has 1 aliphatic rings. The Morgan fingerprint density at radius 1 is 1.09 bits per heavy atom. The van der Waals surface area contributed by atoms with Gasteiger partial charge in [0, 0.05) is 6.42 Å². The van der Waals surface area contributed by atoms with Gasteiger partial charge in [-0.1, -0.05) is 18.9 Å². The summed E-state index contributed by atoms with van der Waals surface area (Å²) in [5, 5.41) is 0. The van der Waals surface area contributed by atoms with Crippen molar-refractivity contribution in [3.63, 3.8) is 0 Å². The number of hydrogen-bond acceptors (Lipinski definition) is 5. The van der Waals surface area contributed by atoms with Gasteiger partial charge in [0.2, 0.25) is 0 Å². The predicted octanol–water partition coefficient (Wildman–Crippen LogP) is 3.36. The number of esters is 2. The minimum Gasteiger partial charge on any atom is -0.465 e. The van der Waals surface area contributed by atoms with Gasteiger partial charge in [0.05, 0.1) is 13.2 Å². The Morgan fingerprint density at radius 2 is 1.70 bits per heavy atom. The summed E-state index contributed by atoms with van der Waals surface area (Å²) in [6, 6.07) is 0. The van der Waals surface area contributed by atoms with Crippen molar-refractivity contribution in [2.75, 3.05) is 13.2 Å². The number of ether oxygens (including phenoxy) is 2. The second kappa shape index (κ2) is 9.48. The lowest BCUT2D eigenvalue weighted by Crippen LogP contribution is -2.39. The summed E-state index contributed by atoms with van der Waals surface area (Å²) >= 11 is 0. The van der Waals surface area contributed by atoms with Crippen molar-refractivity contribution in [3.8, 4) is 0 Å². The molecular formula is C18H28O5. The molecule has 0 amide bonds. The molecule has 0 fully saturated rings. The van der Waals surface area contributed by atoms with Crippen LogP contribution in [0.5, 0.6) is 0 Å². The van der Waals surface area contributed by atoms with Crippen LogP contribution in [0.15, 0.2) is 11.6 Å². The highest BCUT2D eigenvalue weighted by atomic mass is 16.6. The van der Waals surface area contributed by atoms with Crippen LogP contribution < -0.4 is 0 Å². The van der Waals surface area contributed by atoms with Gasteiger partial charge in [0.1, 0.15) is 0 Å². The van der Waals surface area contributed by atoms with Crippen LogP contribution in [0.2, 0.25) is 0 Å². The maximum atomic E-state index is 12.1. The van der Waals surface area contributed by atoms with Gasteiger partial charge in [0.15, 0.2) is 11.2 Å². The molecule has 0 atom stereocenters. The predicted molar refractivity (Wildman–Crippen MR) is 86.8 cm³/mol. The average Bonchev–Trinajstić information content (AvgIpc) is 2.92. The van der Waals surface area contributed by atoms with E-state index in [4.69, 9.17) is 9.47 Å². The van der Waals surface area contributed by atoms with Crippen LogP contribution in [-0.2, 0) is 23.9 Å². The number of Topliss-reactive ketones (excluding diaryl/α,β-unsaturated/α-hetero) is 1. The van der Waals surface area contributed by atoms with E-state index in [0.717, 1.165) is 37.7 Å². The fourth-order valence-electron chi connectivity index (χ4n) is 2.73. The first-order valence-corrected chi connectivity index (χ1v) is 8.52. The fourth-order valence-corrected chi connectivity index (χ4v) is 2.73. The summed E-state index contributed by atoms with van der Waals surface area (Å²) in [6.07, 6.45) is 7.17. The Labute approximate surface area is 138 Å². The molecule has 0 aromatic heterocycles. The minimum atomic E-state index is -1.24. The summed E-state index contributed by atoms with van der Waals surface area (Å²) in [5.74, 6) is -0.785. The number of carbonyl (C=O) groups is 3. The lowest BCUT2D eigenvalue weighted by molar-refractivity contribution is -0.171. The largest absolute Gasteiger partial charge is 0.465 e. The lowest BCUT2D eigenvalue weighted by atomic mass is 9.84. The van der Waals surface area contributed by atoms with Gasteiger partial charge in [-0.25, -0.2) is 0 Å². The van der Waals surface area contributed by atoms with Crippen LogP contribution in [0.4, 0.5) is 0 Å². The molecule has 130 valence electrons. The number of rotatable bonds is 10. The highest BCUT2D eigenvalue weighted by molar-refractivity contribution is 5.99. The third-order valence-electron chi connectivity index (χ3n) is 4.20. The second-order valence-electron chi connectivity index (χ2n) is 6.02. The molecule has 0 N–H and O–H groups in total. The fraction of sp³-hybridized carbons (Fsp3) is 0.722. The molecule has 0 saturated heterocycles. The molecular weight excluding hydrogens is 296 g/mol. The van der Waals surface area contributed by atoms with Crippen molar-refractivity contribution in [1.29, 1.82) is 0 Å². The van der Waals surface area contributed by atoms with Crippen molar-refractivity contribution in [1.82, 2.24) is 0 Å². The van der Waals surface area contributed by atoms with Crippen molar-refractivity contribution >= 4 is 17.7 Å². The van der Waals surface area contributed by atoms with E-state index in [1.54, 1.807) is 20.8 Å². The average molecular weight is 324 g/mol. The summed E-state index contributed by atoms with van der Waals surface area (Å²) in [7, 11) is 0. The van der Waals surface area contributed by atoms with E-state index in [9.17, 15) is 14.4 Å². The highest BCUT2D eigenvalue weighted by Crippen LogP contribution is 2.29. The molecule has 5 nitrogen and oxygen atoms in total. The zero-order chi connectivity index (χ0) is 17.3. The monoisotopic (exact) mass is 324 g/mol. The van der Waals surface area contributed by atoms with Crippen molar-refractivity contribution in [2.45, 2.75) is 65.7 Å². The van der Waals surface area contributed by atoms with E-state index in [1.165, 1.54) is 0 Å². The molecule has 0 saturated carbocycles. The van der Waals surface area contributed by atoms with E-state index >= 15 is 0 Å². The van der Waals surface area contributed by atoms with Gasteiger partial charge in [0.25, 0.3) is 0 Å². The van der Waals surface area contributed by atoms with Crippen LogP contribution in [0.25, 0.3) is 0 Å². The maximum Gasteiger partial charge on any atom is 0.323 e. The Hall–Kier alpha value is -1.65. The molecule has 0 aromatic carbocycles. The zero-order valence-corrected chi connectivity index (χ0v) is 14.5. The minimum absolute atomic E-state index is 0.240. The number of ketones is 1. The normalized spacial score (nSPS) is 14.6. The van der Waals surface area contributed by atoms with Crippen LogP contribution in [0.3, 0.4) is 0 Å². The van der Waals surface area contributed by atoms with Crippen LogP contribution in [0, 0.1) is 5.41 Å². The number of unbranched alkanes of at least 4 members (excludes halogenated alkanes) is 2. The zero-order valence-electron chi connectivity index (χ0n) is 14.5. The molecule has 1 aliphatic carbocycles. The molecule has 0 radical (unpaired) electrons. The van der Waals surface area contributed by atoms with E-state index < -0.39 is 17.4 Å². The van der Waals surface area contributed by atoms with Crippen molar-refractivity contribution in [2.24, 2.45) is 5.41 Å². The Kier molecular flexibility index (Phi) is 8.00. The molecule has 23 heavy (non-hydrogen) atoms. The standard InChI is InChI=1S/C18H28O5/c1-4-22-16(20)18(3,17(21)23-5-2)13-8-6-7-10-14-11-9-12-15(14)19/h11H,4-10,12-13H2,1-3H3. The van der Waals surface area contributed by atoms with Crippen LogP contribution in [-0.4, -0.2) is 30.9 Å². The van der Waals surface area contributed by atoms with Gasteiger partial charge in [-0.2, -0.15) is 0 Å².